The van der Waals surface area contributed by atoms with Crippen molar-refractivity contribution in [1.82, 2.24) is 9.80 Å². The summed E-state index contributed by atoms with van der Waals surface area (Å²) in [4.78, 5) is 18.1. The minimum absolute atomic E-state index is 0.115. The Hall–Kier alpha value is -1.65. The Kier molecular flexibility index (Phi) is 5.83. The summed E-state index contributed by atoms with van der Waals surface area (Å²) in [6, 6.07) is 10.3. The molecule has 142 valence electrons. The number of piperidine rings is 2. The van der Waals surface area contributed by atoms with Gasteiger partial charge in [-0.2, -0.15) is 0 Å². The second-order valence-corrected chi connectivity index (χ2v) is 8.23. The van der Waals surface area contributed by atoms with E-state index >= 15 is 0 Å². The Labute approximate surface area is 157 Å². The van der Waals surface area contributed by atoms with Crippen LogP contribution in [-0.2, 0) is 10.2 Å². The molecule has 2 aliphatic rings. The van der Waals surface area contributed by atoms with Gasteiger partial charge in [-0.15, -0.1) is 6.58 Å². The number of carbonyl (C=O) groups is 1. The largest absolute Gasteiger partial charge is 0.396 e. The van der Waals surface area contributed by atoms with Gasteiger partial charge in [-0.3, -0.25) is 4.79 Å². The van der Waals surface area contributed by atoms with Gasteiger partial charge in [0, 0.05) is 18.5 Å². The number of rotatable bonds is 5. The summed E-state index contributed by atoms with van der Waals surface area (Å²) in [6.45, 7) is 7.28. The zero-order chi connectivity index (χ0) is 18.6. The Morgan fingerprint density at radius 3 is 2.50 bits per heavy atom. The number of likely N-dealkylation sites (tertiary alicyclic amines) is 2. The molecule has 0 radical (unpaired) electrons. The Balaban J connectivity index is 1.89. The molecule has 1 amide bonds. The maximum Gasteiger partial charge on any atom is 0.233 e. The third-order valence-corrected chi connectivity index (χ3v) is 6.44. The molecule has 2 fully saturated rings. The summed E-state index contributed by atoms with van der Waals surface area (Å²) in [5, 5.41) is 10.0. The van der Waals surface area contributed by atoms with Crippen LogP contribution in [0.25, 0.3) is 0 Å². The number of amides is 1. The van der Waals surface area contributed by atoms with Crippen molar-refractivity contribution < 1.29 is 9.90 Å². The van der Waals surface area contributed by atoms with E-state index in [-0.39, 0.29) is 17.9 Å². The van der Waals surface area contributed by atoms with Gasteiger partial charge in [-0.05, 0) is 57.8 Å². The van der Waals surface area contributed by atoms with E-state index in [4.69, 9.17) is 0 Å². The van der Waals surface area contributed by atoms with Crippen molar-refractivity contribution in [3.05, 3.63) is 48.6 Å². The van der Waals surface area contributed by atoms with E-state index in [0.29, 0.717) is 6.54 Å². The monoisotopic (exact) mass is 356 g/mol. The van der Waals surface area contributed by atoms with Crippen LogP contribution in [0.3, 0.4) is 0 Å². The van der Waals surface area contributed by atoms with E-state index in [1.54, 1.807) is 0 Å². The zero-order valence-corrected chi connectivity index (χ0v) is 16.0. The lowest BCUT2D eigenvalue weighted by Gasteiger charge is -2.47. The summed E-state index contributed by atoms with van der Waals surface area (Å²) in [7, 11) is 2.13. The number of hydrogen-bond donors (Lipinski definition) is 1. The topological polar surface area (TPSA) is 43.8 Å². The predicted molar refractivity (Wildman–Crippen MR) is 105 cm³/mol. The van der Waals surface area contributed by atoms with Gasteiger partial charge in [0.05, 0.1) is 12.0 Å². The number of carbonyl (C=O) groups excluding carboxylic acids is 1. The Morgan fingerprint density at radius 2 is 1.88 bits per heavy atom. The van der Waals surface area contributed by atoms with Gasteiger partial charge < -0.3 is 14.9 Å². The number of allylic oxidation sites excluding steroid dienone is 1. The van der Waals surface area contributed by atoms with Crippen LogP contribution < -0.4 is 0 Å². The number of nitrogens with zero attached hydrogens (tertiary/aromatic N) is 2. The van der Waals surface area contributed by atoms with E-state index in [9.17, 15) is 9.90 Å². The molecule has 2 aliphatic heterocycles. The summed E-state index contributed by atoms with van der Waals surface area (Å²) >= 11 is 0. The van der Waals surface area contributed by atoms with Crippen molar-refractivity contribution in [2.24, 2.45) is 5.41 Å². The summed E-state index contributed by atoms with van der Waals surface area (Å²) in [5.41, 5.74) is 0.487. The van der Waals surface area contributed by atoms with Crippen LogP contribution in [0, 0.1) is 5.41 Å². The first kappa shape index (κ1) is 19.1. The molecule has 1 atom stereocenters. The molecule has 0 bridgehead atoms. The minimum Gasteiger partial charge on any atom is -0.396 e. The Morgan fingerprint density at radius 1 is 1.19 bits per heavy atom. The SMILES string of the molecule is C=CC[C@@]1(CO)CCCN(C(=O)C2(c3ccccc3)CCN(C)CC2)C1. The van der Waals surface area contributed by atoms with Crippen molar-refractivity contribution in [1.29, 1.82) is 0 Å². The number of aliphatic hydroxyl groups is 1. The van der Waals surface area contributed by atoms with Crippen LogP contribution in [0.4, 0.5) is 0 Å². The molecule has 4 nitrogen and oxygen atoms in total. The molecule has 0 unspecified atom stereocenters. The number of hydrogen-bond acceptors (Lipinski definition) is 3. The lowest BCUT2D eigenvalue weighted by atomic mass is 9.70. The van der Waals surface area contributed by atoms with Crippen molar-refractivity contribution in [2.45, 2.75) is 37.5 Å². The van der Waals surface area contributed by atoms with E-state index < -0.39 is 5.41 Å². The quantitative estimate of drug-likeness (QED) is 0.825. The van der Waals surface area contributed by atoms with Gasteiger partial charge in [0.1, 0.15) is 0 Å². The molecule has 0 spiro atoms. The fourth-order valence-electron chi connectivity index (χ4n) is 4.73. The maximum atomic E-state index is 13.8. The molecule has 26 heavy (non-hydrogen) atoms. The lowest BCUT2D eigenvalue weighted by Crippen LogP contribution is -2.56. The third-order valence-electron chi connectivity index (χ3n) is 6.44. The summed E-state index contributed by atoms with van der Waals surface area (Å²) in [5.74, 6) is 0.249. The van der Waals surface area contributed by atoms with Crippen LogP contribution in [0.1, 0.15) is 37.7 Å². The highest BCUT2D eigenvalue weighted by Crippen LogP contribution is 2.40. The second-order valence-electron chi connectivity index (χ2n) is 8.23. The molecule has 0 aromatic heterocycles. The van der Waals surface area contributed by atoms with Crippen molar-refractivity contribution in [3.63, 3.8) is 0 Å². The van der Waals surface area contributed by atoms with Crippen LogP contribution in [0.5, 0.6) is 0 Å². The zero-order valence-electron chi connectivity index (χ0n) is 16.0. The average Bonchev–Trinajstić information content (AvgIpc) is 2.69. The average molecular weight is 357 g/mol. The fourth-order valence-corrected chi connectivity index (χ4v) is 4.73. The molecule has 1 aromatic rings. The van der Waals surface area contributed by atoms with Crippen LogP contribution in [0.2, 0.25) is 0 Å². The van der Waals surface area contributed by atoms with E-state index in [1.165, 1.54) is 0 Å². The van der Waals surface area contributed by atoms with Gasteiger partial charge >= 0.3 is 0 Å². The van der Waals surface area contributed by atoms with Crippen LogP contribution in [-0.4, -0.2) is 60.6 Å². The van der Waals surface area contributed by atoms with Crippen LogP contribution in [0.15, 0.2) is 43.0 Å². The molecule has 1 aromatic carbocycles. The first-order valence-corrected chi connectivity index (χ1v) is 9.80. The number of aliphatic hydroxyl groups excluding tert-OH is 1. The first-order chi connectivity index (χ1) is 12.6. The van der Waals surface area contributed by atoms with E-state index in [2.05, 4.69) is 30.7 Å². The molecular weight excluding hydrogens is 324 g/mol. The summed E-state index contributed by atoms with van der Waals surface area (Å²) < 4.78 is 0. The molecule has 3 rings (SSSR count). The van der Waals surface area contributed by atoms with E-state index in [1.807, 2.05) is 29.2 Å². The normalized spacial score (nSPS) is 26.5. The summed E-state index contributed by atoms with van der Waals surface area (Å²) in [6.07, 6.45) is 6.26. The highest BCUT2D eigenvalue weighted by atomic mass is 16.3. The maximum absolute atomic E-state index is 13.8. The smallest absolute Gasteiger partial charge is 0.233 e. The first-order valence-electron chi connectivity index (χ1n) is 9.80. The Bertz CT molecular complexity index is 622. The van der Waals surface area contributed by atoms with Gasteiger partial charge in [-0.1, -0.05) is 36.4 Å². The molecule has 0 aliphatic carbocycles. The minimum atomic E-state index is -0.430. The van der Waals surface area contributed by atoms with Crippen molar-refractivity contribution in [3.8, 4) is 0 Å². The molecule has 1 N–H and O–H groups in total. The van der Waals surface area contributed by atoms with Gasteiger partial charge in [0.25, 0.3) is 0 Å². The standard InChI is InChI=1S/C22H32N2O2/c1-3-10-21(18-25)11-7-14-24(17-21)20(26)22(12-15-23(2)16-13-22)19-8-5-4-6-9-19/h3-6,8-9,25H,1,7,10-18H2,2H3/t21-/m1/s1. The highest BCUT2D eigenvalue weighted by Gasteiger charge is 2.47. The van der Waals surface area contributed by atoms with Gasteiger partial charge in [0.15, 0.2) is 0 Å². The molecule has 0 saturated carbocycles. The third kappa shape index (κ3) is 3.58. The molecule has 2 saturated heterocycles. The predicted octanol–water partition coefficient (Wildman–Crippen LogP) is 2.83. The second kappa shape index (κ2) is 7.93. The van der Waals surface area contributed by atoms with E-state index in [0.717, 1.165) is 57.3 Å². The fraction of sp³-hybridized carbons (Fsp3) is 0.591. The molecule has 2 heterocycles. The lowest BCUT2D eigenvalue weighted by molar-refractivity contribution is -0.143. The highest BCUT2D eigenvalue weighted by molar-refractivity contribution is 5.88. The van der Waals surface area contributed by atoms with Gasteiger partial charge in [0.2, 0.25) is 5.91 Å². The molecular formula is C22H32N2O2. The van der Waals surface area contributed by atoms with Crippen LogP contribution >= 0.6 is 0 Å². The number of benzene rings is 1. The van der Waals surface area contributed by atoms with Crippen molar-refractivity contribution in [2.75, 3.05) is 39.8 Å². The van der Waals surface area contributed by atoms with Crippen molar-refractivity contribution >= 4 is 5.91 Å². The van der Waals surface area contributed by atoms with Gasteiger partial charge in [-0.25, -0.2) is 0 Å². The molecule has 4 heteroatoms.